The summed E-state index contributed by atoms with van der Waals surface area (Å²) in [4.78, 5) is 11.1. The van der Waals surface area contributed by atoms with Crippen LogP contribution in [0.3, 0.4) is 0 Å². The van der Waals surface area contributed by atoms with Gasteiger partial charge < -0.3 is 5.32 Å². The lowest BCUT2D eigenvalue weighted by atomic mass is 10.1. The third-order valence-corrected chi connectivity index (χ3v) is 2.75. The zero-order valence-corrected chi connectivity index (χ0v) is 11.0. The van der Waals surface area contributed by atoms with Gasteiger partial charge in [0.2, 0.25) is 0 Å². The molecule has 1 aromatic heterocycles. The fraction of sp³-hybridized carbons (Fsp3) is 0.154. The quantitative estimate of drug-likeness (QED) is 0.665. The number of hydrogen-bond acceptors (Lipinski definition) is 3. The van der Waals surface area contributed by atoms with E-state index in [4.69, 9.17) is 12.2 Å². The van der Waals surface area contributed by atoms with Gasteiger partial charge in [0.1, 0.15) is 0 Å². The molecule has 1 N–H and O–H groups in total. The highest BCUT2D eigenvalue weighted by atomic mass is 32.1. The summed E-state index contributed by atoms with van der Waals surface area (Å²) in [6, 6.07) is 7.17. The summed E-state index contributed by atoms with van der Waals surface area (Å²) in [6.07, 6.45) is 3.59. The Hall–Kier alpha value is -2.01. The summed E-state index contributed by atoms with van der Waals surface area (Å²) in [5.41, 5.74) is 2.56. The second-order valence-electron chi connectivity index (χ2n) is 4.03. The number of rotatable bonds is 2. The fourth-order valence-corrected chi connectivity index (χ4v) is 1.71. The molecule has 0 fully saturated rings. The van der Waals surface area contributed by atoms with Gasteiger partial charge in [0.15, 0.2) is 10.9 Å². The summed E-state index contributed by atoms with van der Waals surface area (Å²) in [6.45, 7) is 3.49. The van der Waals surface area contributed by atoms with Gasteiger partial charge in [0, 0.05) is 17.4 Å². The van der Waals surface area contributed by atoms with Gasteiger partial charge in [-0.3, -0.25) is 4.79 Å². The largest absolute Gasteiger partial charge is 0.331 e. The highest BCUT2D eigenvalue weighted by molar-refractivity contribution is 7.80. The lowest BCUT2D eigenvalue weighted by Crippen LogP contribution is -2.19. The van der Waals surface area contributed by atoms with Crippen molar-refractivity contribution < 1.29 is 4.79 Å². The van der Waals surface area contributed by atoms with Crippen molar-refractivity contribution >= 4 is 28.8 Å². The van der Waals surface area contributed by atoms with E-state index >= 15 is 0 Å². The topological polar surface area (TPSA) is 46.9 Å². The highest BCUT2D eigenvalue weighted by Crippen LogP contribution is 2.10. The Morgan fingerprint density at radius 1 is 1.33 bits per heavy atom. The first-order valence-electron chi connectivity index (χ1n) is 5.50. The number of aryl methyl sites for hydroxylation is 1. The minimum atomic E-state index is 0.0480. The summed E-state index contributed by atoms with van der Waals surface area (Å²) >= 11 is 5.22. The predicted molar refractivity (Wildman–Crippen MR) is 75.0 cm³/mol. The van der Waals surface area contributed by atoms with E-state index in [0.29, 0.717) is 10.7 Å². The monoisotopic (exact) mass is 259 g/mol. The minimum absolute atomic E-state index is 0.0480. The smallest absolute Gasteiger partial charge is 0.198 e. The molecule has 0 bridgehead atoms. The van der Waals surface area contributed by atoms with Gasteiger partial charge in [-0.15, -0.1) is 0 Å². The number of carbonyl (C=O) groups excluding carboxylic acids is 1. The third-order valence-electron chi connectivity index (χ3n) is 2.46. The van der Waals surface area contributed by atoms with Crippen LogP contribution in [-0.2, 0) is 0 Å². The summed E-state index contributed by atoms with van der Waals surface area (Å²) in [7, 11) is 0. The molecule has 0 atom stereocenters. The van der Waals surface area contributed by atoms with Gasteiger partial charge in [0.05, 0.1) is 6.20 Å². The molecule has 92 valence electrons. The van der Waals surface area contributed by atoms with Crippen LogP contribution >= 0.6 is 12.2 Å². The molecule has 0 unspecified atom stereocenters. The number of nitrogens with one attached hydrogen (secondary N) is 1. The van der Waals surface area contributed by atoms with E-state index in [1.807, 2.05) is 25.3 Å². The Bertz CT molecular complexity index is 587. The number of ketones is 1. The Labute approximate surface area is 111 Å². The Kier molecular flexibility index (Phi) is 3.53. The maximum absolute atomic E-state index is 11.1. The molecule has 1 aromatic carbocycles. The van der Waals surface area contributed by atoms with E-state index < -0.39 is 0 Å². The van der Waals surface area contributed by atoms with Gasteiger partial charge in [0.25, 0.3) is 0 Å². The second-order valence-corrected chi connectivity index (χ2v) is 4.41. The van der Waals surface area contributed by atoms with E-state index in [1.54, 1.807) is 29.9 Å². The molecule has 5 heteroatoms. The number of aromatic nitrogens is 2. The van der Waals surface area contributed by atoms with Crippen molar-refractivity contribution in [1.82, 2.24) is 9.78 Å². The standard InChI is InChI=1S/C13H13N3OS/c1-9-7-14-16(8-9)13(18)15-12-5-3-11(4-6-12)10(2)17/h3-8H,1-2H3,(H,15,18). The maximum Gasteiger partial charge on any atom is 0.198 e. The number of benzene rings is 1. The van der Waals surface area contributed by atoms with Crippen molar-refractivity contribution in [3.8, 4) is 0 Å². The van der Waals surface area contributed by atoms with E-state index in [1.165, 1.54) is 0 Å². The first-order valence-corrected chi connectivity index (χ1v) is 5.91. The van der Waals surface area contributed by atoms with Crippen LogP contribution in [0.5, 0.6) is 0 Å². The number of thiocarbonyl (C=S) groups is 1. The zero-order valence-electron chi connectivity index (χ0n) is 10.2. The Balaban J connectivity index is 2.10. The van der Waals surface area contributed by atoms with Gasteiger partial charge in [-0.2, -0.15) is 5.10 Å². The maximum atomic E-state index is 11.1. The molecule has 2 aromatic rings. The number of nitrogens with zero attached hydrogens (tertiary/aromatic N) is 2. The van der Waals surface area contributed by atoms with E-state index in [9.17, 15) is 4.79 Å². The van der Waals surface area contributed by atoms with Crippen LogP contribution in [-0.4, -0.2) is 20.7 Å². The van der Waals surface area contributed by atoms with Crippen LogP contribution in [0, 0.1) is 6.92 Å². The van der Waals surface area contributed by atoms with Gasteiger partial charge in [-0.05, 0) is 55.9 Å². The van der Waals surface area contributed by atoms with Crippen molar-refractivity contribution in [2.24, 2.45) is 0 Å². The molecule has 0 radical (unpaired) electrons. The first kappa shape index (κ1) is 12.4. The summed E-state index contributed by atoms with van der Waals surface area (Å²) in [5, 5.41) is 7.67. The average molecular weight is 259 g/mol. The highest BCUT2D eigenvalue weighted by Gasteiger charge is 2.03. The molecule has 0 amide bonds. The van der Waals surface area contributed by atoms with Crippen LogP contribution in [0.4, 0.5) is 5.69 Å². The first-order chi connectivity index (χ1) is 8.56. The summed E-state index contributed by atoms with van der Waals surface area (Å²) < 4.78 is 1.60. The lowest BCUT2D eigenvalue weighted by molar-refractivity contribution is 0.101. The van der Waals surface area contributed by atoms with Crippen LogP contribution in [0.15, 0.2) is 36.7 Å². The van der Waals surface area contributed by atoms with Gasteiger partial charge in [-0.25, -0.2) is 4.68 Å². The molecular weight excluding hydrogens is 246 g/mol. The summed E-state index contributed by atoms with van der Waals surface area (Å²) in [5.74, 6) is 0.0480. The SMILES string of the molecule is CC(=O)c1ccc(NC(=S)n2cc(C)cn2)cc1. The van der Waals surface area contributed by atoms with Crippen molar-refractivity contribution in [1.29, 1.82) is 0 Å². The van der Waals surface area contributed by atoms with Crippen LogP contribution in [0.1, 0.15) is 22.8 Å². The molecule has 0 aliphatic rings. The molecular formula is C13H13N3OS. The molecule has 2 rings (SSSR count). The van der Waals surface area contributed by atoms with E-state index in [0.717, 1.165) is 11.3 Å². The zero-order chi connectivity index (χ0) is 13.1. The molecule has 0 spiro atoms. The molecule has 0 aliphatic heterocycles. The van der Waals surface area contributed by atoms with Crippen molar-refractivity contribution in [2.45, 2.75) is 13.8 Å². The van der Waals surface area contributed by atoms with Crippen LogP contribution in [0.2, 0.25) is 0 Å². The van der Waals surface area contributed by atoms with Gasteiger partial charge >= 0.3 is 0 Å². The predicted octanol–water partition coefficient (Wildman–Crippen LogP) is 2.64. The lowest BCUT2D eigenvalue weighted by Gasteiger charge is -2.07. The molecule has 18 heavy (non-hydrogen) atoms. The number of carbonyl (C=O) groups is 1. The Morgan fingerprint density at radius 3 is 2.50 bits per heavy atom. The average Bonchev–Trinajstić information content (AvgIpc) is 2.76. The molecule has 0 aliphatic carbocycles. The number of Topliss-reactive ketones (excluding diaryl/α,β-unsaturated/α-hetero) is 1. The fourth-order valence-electron chi connectivity index (χ4n) is 1.49. The van der Waals surface area contributed by atoms with Crippen molar-refractivity contribution in [3.63, 3.8) is 0 Å². The van der Waals surface area contributed by atoms with Crippen molar-refractivity contribution in [2.75, 3.05) is 5.32 Å². The molecule has 1 heterocycles. The second kappa shape index (κ2) is 5.10. The normalized spacial score (nSPS) is 10.1. The van der Waals surface area contributed by atoms with E-state index in [2.05, 4.69) is 10.4 Å². The Morgan fingerprint density at radius 2 is 2.00 bits per heavy atom. The van der Waals surface area contributed by atoms with Crippen molar-refractivity contribution in [3.05, 3.63) is 47.8 Å². The van der Waals surface area contributed by atoms with E-state index in [-0.39, 0.29) is 5.78 Å². The molecule has 0 saturated heterocycles. The van der Waals surface area contributed by atoms with Crippen LogP contribution < -0.4 is 5.32 Å². The molecule has 4 nitrogen and oxygen atoms in total. The number of anilines is 1. The number of hydrogen-bond donors (Lipinski definition) is 1. The van der Waals surface area contributed by atoms with Crippen LogP contribution in [0.25, 0.3) is 0 Å². The molecule has 0 saturated carbocycles. The van der Waals surface area contributed by atoms with Gasteiger partial charge in [-0.1, -0.05) is 0 Å². The third kappa shape index (κ3) is 2.81. The minimum Gasteiger partial charge on any atom is -0.331 e.